The van der Waals surface area contributed by atoms with Crippen LogP contribution in [0.1, 0.15) is 11.1 Å². The molecule has 6 nitrogen and oxygen atoms in total. The second kappa shape index (κ2) is 9.08. The number of nitrogens with zero attached hydrogens (tertiary/aromatic N) is 1. The molecule has 0 aliphatic carbocycles. The van der Waals surface area contributed by atoms with Gasteiger partial charge in [0.2, 0.25) is 5.91 Å². The Balaban J connectivity index is 1.45. The minimum absolute atomic E-state index is 0.155. The van der Waals surface area contributed by atoms with Crippen LogP contribution in [-0.4, -0.2) is 15.5 Å². The Morgan fingerprint density at radius 1 is 0.969 bits per heavy atom. The normalized spacial score (nSPS) is 10.7. The summed E-state index contributed by atoms with van der Waals surface area (Å²) in [6.07, 6.45) is 1.62. The number of aryl methyl sites for hydroxylation is 1. The number of amides is 1. The molecule has 0 spiro atoms. The van der Waals surface area contributed by atoms with Gasteiger partial charge < -0.3 is 5.32 Å². The standard InChI is InChI=1S/C25H20ClN3O3/c1-16-5-6-19(15-22(16)26)18-4-2-3-17(13-18)14-24(31)27-20-7-9-21(10-8-20)29-12-11-23(30)28-25(29)32/h2-13,15H,14H2,1H3,(H,27,31)(H,28,30,32). The number of carbonyl (C=O) groups is 1. The average Bonchev–Trinajstić information content (AvgIpc) is 2.76. The van der Waals surface area contributed by atoms with E-state index in [4.69, 9.17) is 11.6 Å². The van der Waals surface area contributed by atoms with Crippen molar-refractivity contribution in [3.8, 4) is 16.8 Å². The zero-order valence-corrected chi connectivity index (χ0v) is 18.0. The van der Waals surface area contributed by atoms with E-state index in [1.807, 2.05) is 49.4 Å². The molecule has 160 valence electrons. The number of carbonyl (C=O) groups excluding carboxylic acids is 1. The third-order valence-corrected chi connectivity index (χ3v) is 5.46. The molecule has 0 saturated carbocycles. The van der Waals surface area contributed by atoms with Gasteiger partial charge in [-0.3, -0.25) is 19.1 Å². The number of benzene rings is 3. The predicted molar refractivity (Wildman–Crippen MR) is 127 cm³/mol. The number of halogens is 1. The van der Waals surface area contributed by atoms with Crippen LogP contribution in [0.15, 0.2) is 88.6 Å². The van der Waals surface area contributed by atoms with Crippen LogP contribution in [0, 0.1) is 6.92 Å². The number of hydrogen-bond donors (Lipinski definition) is 2. The summed E-state index contributed by atoms with van der Waals surface area (Å²) < 4.78 is 1.32. The molecule has 0 radical (unpaired) electrons. The van der Waals surface area contributed by atoms with Crippen molar-refractivity contribution in [2.45, 2.75) is 13.3 Å². The van der Waals surface area contributed by atoms with E-state index in [1.165, 1.54) is 16.8 Å². The maximum atomic E-state index is 12.5. The molecular weight excluding hydrogens is 426 g/mol. The summed E-state index contributed by atoms with van der Waals surface area (Å²) in [6.45, 7) is 1.96. The van der Waals surface area contributed by atoms with Gasteiger partial charge in [0.25, 0.3) is 5.56 Å². The van der Waals surface area contributed by atoms with E-state index in [2.05, 4.69) is 10.3 Å². The number of anilines is 1. The van der Waals surface area contributed by atoms with Gasteiger partial charge >= 0.3 is 5.69 Å². The van der Waals surface area contributed by atoms with Crippen LogP contribution in [0.2, 0.25) is 5.02 Å². The van der Waals surface area contributed by atoms with Gasteiger partial charge in [-0.15, -0.1) is 0 Å². The molecule has 0 unspecified atom stereocenters. The maximum absolute atomic E-state index is 12.5. The van der Waals surface area contributed by atoms with Crippen molar-refractivity contribution in [1.82, 2.24) is 9.55 Å². The minimum Gasteiger partial charge on any atom is -0.326 e. The van der Waals surface area contributed by atoms with Crippen molar-refractivity contribution in [3.63, 3.8) is 0 Å². The van der Waals surface area contributed by atoms with Crippen molar-refractivity contribution in [3.05, 3.63) is 116 Å². The molecule has 7 heteroatoms. The Morgan fingerprint density at radius 2 is 1.72 bits per heavy atom. The molecule has 0 saturated heterocycles. The first-order valence-electron chi connectivity index (χ1n) is 9.97. The maximum Gasteiger partial charge on any atom is 0.332 e. The Hall–Kier alpha value is -3.90. The molecule has 2 N–H and O–H groups in total. The lowest BCUT2D eigenvalue weighted by Gasteiger charge is -2.09. The fourth-order valence-electron chi connectivity index (χ4n) is 3.35. The van der Waals surface area contributed by atoms with Crippen molar-refractivity contribution < 1.29 is 4.79 Å². The van der Waals surface area contributed by atoms with Crippen LogP contribution in [0.4, 0.5) is 5.69 Å². The van der Waals surface area contributed by atoms with Crippen LogP contribution < -0.4 is 16.6 Å². The third-order valence-electron chi connectivity index (χ3n) is 5.05. The van der Waals surface area contributed by atoms with Gasteiger partial charge in [0.05, 0.1) is 12.1 Å². The number of hydrogen-bond acceptors (Lipinski definition) is 3. The first-order valence-corrected chi connectivity index (χ1v) is 10.3. The van der Waals surface area contributed by atoms with Crippen molar-refractivity contribution in [2.75, 3.05) is 5.32 Å². The molecule has 4 aromatic rings. The molecule has 1 aromatic heterocycles. The molecule has 0 fully saturated rings. The fraction of sp³-hybridized carbons (Fsp3) is 0.0800. The lowest BCUT2D eigenvalue weighted by Crippen LogP contribution is -2.27. The predicted octanol–water partition coefficient (Wildman–Crippen LogP) is 4.34. The van der Waals surface area contributed by atoms with Gasteiger partial charge in [-0.1, -0.05) is 48.0 Å². The molecule has 4 rings (SSSR count). The summed E-state index contributed by atoms with van der Waals surface area (Å²) in [4.78, 5) is 37.9. The Morgan fingerprint density at radius 3 is 2.44 bits per heavy atom. The molecule has 3 aromatic carbocycles. The Bertz CT molecular complexity index is 1410. The SMILES string of the molecule is Cc1ccc(-c2cccc(CC(=O)Nc3ccc(-n4ccc(=O)[nH]c4=O)cc3)c2)cc1Cl. The largest absolute Gasteiger partial charge is 0.332 e. The quantitative estimate of drug-likeness (QED) is 0.479. The van der Waals surface area contributed by atoms with E-state index in [9.17, 15) is 14.4 Å². The van der Waals surface area contributed by atoms with Crippen LogP contribution in [0.5, 0.6) is 0 Å². The molecule has 0 bridgehead atoms. The highest BCUT2D eigenvalue weighted by molar-refractivity contribution is 6.31. The lowest BCUT2D eigenvalue weighted by molar-refractivity contribution is -0.115. The highest BCUT2D eigenvalue weighted by atomic mass is 35.5. The fourth-order valence-corrected chi connectivity index (χ4v) is 3.53. The topological polar surface area (TPSA) is 84.0 Å². The van der Waals surface area contributed by atoms with Gasteiger partial charge in [0.15, 0.2) is 0 Å². The molecule has 1 amide bonds. The van der Waals surface area contributed by atoms with Gasteiger partial charge in [-0.2, -0.15) is 0 Å². The average molecular weight is 446 g/mol. The summed E-state index contributed by atoms with van der Waals surface area (Å²) in [5.74, 6) is -0.155. The van der Waals surface area contributed by atoms with Crippen molar-refractivity contribution in [1.29, 1.82) is 0 Å². The molecule has 0 aliphatic rings. The minimum atomic E-state index is -0.524. The number of rotatable bonds is 5. The lowest BCUT2D eigenvalue weighted by atomic mass is 10.0. The molecular formula is C25H20ClN3O3. The summed E-state index contributed by atoms with van der Waals surface area (Å²) in [5, 5.41) is 3.57. The van der Waals surface area contributed by atoms with E-state index in [-0.39, 0.29) is 12.3 Å². The molecule has 1 heterocycles. The summed E-state index contributed by atoms with van der Waals surface area (Å²) in [6, 6.07) is 21.8. The third kappa shape index (κ3) is 4.87. The number of H-pyrrole nitrogens is 1. The Kier molecular flexibility index (Phi) is 6.05. The second-order valence-electron chi connectivity index (χ2n) is 7.42. The van der Waals surface area contributed by atoms with E-state index in [0.29, 0.717) is 16.4 Å². The first-order chi connectivity index (χ1) is 15.4. The molecule has 0 atom stereocenters. The van der Waals surface area contributed by atoms with Crippen molar-refractivity contribution in [2.24, 2.45) is 0 Å². The number of aromatic amines is 1. The van der Waals surface area contributed by atoms with E-state index < -0.39 is 11.2 Å². The first kappa shape index (κ1) is 21.3. The zero-order chi connectivity index (χ0) is 22.7. The monoisotopic (exact) mass is 445 g/mol. The highest BCUT2D eigenvalue weighted by Gasteiger charge is 2.08. The van der Waals surface area contributed by atoms with Gasteiger partial charge in [0.1, 0.15) is 0 Å². The second-order valence-corrected chi connectivity index (χ2v) is 7.82. The molecule has 32 heavy (non-hydrogen) atoms. The Labute approximate surface area is 189 Å². The summed E-state index contributed by atoms with van der Waals surface area (Å²) in [5.41, 5.74) is 4.10. The zero-order valence-electron chi connectivity index (χ0n) is 17.3. The van der Waals surface area contributed by atoms with Crippen molar-refractivity contribution >= 4 is 23.2 Å². The molecule has 0 aliphatic heterocycles. The van der Waals surface area contributed by atoms with Crippen LogP contribution in [0.3, 0.4) is 0 Å². The van der Waals surface area contributed by atoms with Crippen LogP contribution >= 0.6 is 11.6 Å². The van der Waals surface area contributed by atoms with Gasteiger partial charge in [0, 0.05) is 23.0 Å². The summed E-state index contributed by atoms with van der Waals surface area (Å²) in [7, 11) is 0. The van der Waals surface area contributed by atoms with E-state index in [1.54, 1.807) is 24.3 Å². The summed E-state index contributed by atoms with van der Waals surface area (Å²) >= 11 is 6.25. The number of nitrogens with one attached hydrogen (secondary N) is 2. The van der Waals surface area contributed by atoms with Gasteiger partial charge in [-0.05, 0) is 59.5 Å². The van der Waals surface area contributed by atoms with Gasteiger partial charge in [-0.25, -0.2) is 4.79 Å². The highest BCUT2D eigenvalue weighted by Crippen LogP contribution is 2.26. The number of aromatic nitrogens is 2. The smallest absolute Gasteiger partial charge is 0.326 e. The van der Waals surface area contributed by atoms with E-state index >= 15 is 0 Å². The van der Waals surface area contributed by atoms with Crippen LogP contribution in [0.25, 0.3) is 16.8 Å². The van der Waals surface area contributed by atoms with Crippen LogP contribution in [-0.2, 0) is 11.2 Å². The van der Waals surface area contributed by atoms with E-state index in [0.717, 1.165) is 22.3 Å².